The number of amides is 1. The standard InChI is InChI=1S/C13H11BrN4O2/c1-7-13(19)18-10-4-8(2-3-11(10)20-7)17-12-9(14)5-15-6-16-12/h2-7H,1H3,(H,18,19)(H,15,16,17). The predicted molar refractivity (Wildman–Crippen MR) is 78.2 cm³/mol. The number of fused-ring (bicyclic) bond motifs is 1. The molecule has 0 bridgehead atoms. The third-order valence-electron chi connectivity index (χ3n) is 2.84. The van der Waals surface area contributed by atoms with Gasteiger partial charge in [0.2, 0.25) is 0 Å². The van der Waals surface area contributed by atoms with Gasteiger partial charge in [0, 0.05) is 11.9 Å². The van der Waals surface area contributed by atoms with Crippen molar-refractivity contribution >= 4 is 39.0 Å². The molecule has 1 aromatic heterocycles. The smallest absolute Gasteiger partial charge is 0.265 e. The van der Waals surface area contributed by atoms with Crippen LogP contribution in [0.15, 0.2) is 35.2 Å². The molecule has 0 saturated heterocycles. The maximum absolute atomic E-state index is 11.6. The zero-order valence-electron chi connectivity index (χ0n) is 10.6. The summed E-state index contributed by atoms with van der Waals surface area (Å²) in [5.41, 5.74) is 1.44. The lowest BCUT2D eigenvalue weighted by Crippen LogP contribution is -2.34. The SMILES string of the molecule is CC1Oc2ccc(Nc3ncncc3Br)cc2NC1=O. The number of nitrogens with zero attached hydrogens (tertiary/aromatic N) is 2. The van der Waals surface area contributed by atoms with E-state index < -0.39 is 6.10 Å². The summed E-state index contributed by atoms with van der Waals surface area (Å²) in [4.78, 5) is 19.6. The van der Waals surface area contributed by atoms with Crippen molar-refractivity contribution in [2.24, 2.45) is 0 Å². The van der Waals surface area contributed by atoms with E-state index in [-0.39, 0.29) is 5.91 Å². The number of carbonyl (C=O) groups is 1. The maximum atomic E-state index is 11.6. The van der Waals surface area contributed by atoms with Gasteiger partial charge in [-0.05, 0) is 41.1 Å². The highest BCUT2D eigenvalue weighted by Gasteiger charge is 2.23. The van der Waals surface area contributed by atoms with E-state index in [0.29, 0.717) is 17.3 Å². The summed E-state index contributed by atoms with van der Waals surface area (Å²) in [6.07, 6.45) is 2.63. The van der Waals surface area contributed by atoms with Crippen molar-refractivity contribution < 1.29 is 9.53 Å². The molecule has 1 amide bonds. The Morgan fingerprint density at radius 3 is 3.10 bits per heavy atom. The monoisotopic (exact) mass is 334 g/mol. The highest BCUT2D eigenvalue weighted by atomic mass is 79.9. The first kappa shape index (κ1) is 12.9. The van der Waals surface area contributed by atoms with Gasteiger partial charge >= 0.3 is 0 Å². The van der Waals surface area contributed by atoms with E-state index in [1.165, 1.54) is 6.33 Å². The summed E-state index contributed by atoms with van der Waals surface area (Å²) in [6.45, 7) is 1.71. The van der Waals surface area contributed by atoms with E-state index in [1.807, 2.05) is 12.1 Å². The maximum Gasteiger partial charge on any atom is 0.265 e. The molecule has 2 aromatic rings. The summed E-state index contributed by atoms with van der Waals surface area (Å²) in [5.74, 6) is 1.15. The van der Waals surface area contributed by atoms with Crippen molar-refractivity contribution in [3.63, 3.8) is 0 Å². The average Bonchev–Trinajstić information content (AvgIpc) is 2.43. The quantitative estimate of drug-likeness (QED) is 0.883. The van der Waals surface area contributed by atoms with Gasteiger partial charge in [-0.3, -0.25) is 4.79 Å². The van der Waals surface area contributed by atoms with Crippen molar-refractivity contribution in [3.8, 4) is 5.75 Å². The fourth-order valence-electron chi connectivity index (χ4n) is 1.83. The molecule has 1 aliphatic rings. The van der Waals surface area contributed by atoms with Crippen LogP contribution in [0.5, 0.6) is 5.75 Å². The Morgan fingerprint density at radius 2 is 2.30 bits per heavy atom. The Labute approximate surface area is 123 Å². The molecule has 2 N–H and O–H groups in total. The van der Waals surface area contributed by atoms with Crippen molar-refractivity contribution in [1.29, 1.82) is 0 Å². The molecule has 2 heterocycles. The Kier molecular flexibility index (Phi) is 3.27. The Morgan fingerprint density at radius 1 is 1.45 bits per heavy atom. The lowest BCUT2D eigenvalue weighted by molar-refractivity contribution is -0.122. The lowest BCUT2D eigenvalue weighted by atomic mass is 10.2. The van der Waals surface area contributed by atoms with Crippen LogP contribution >= 0.6 is 15.9 Å². The van der Waals surface area contributed by atoms with E-state index in [1.54, 1.807) is 19.2 Å². The topological polar surface area (TPSA) is 76.1 Å². The number of rotatable bonds is 2. The van der Waals surface area contributed by atoms with Gasteiger partial charge in [0.05, 0.1) is 10.2 Å². The molecule has 20 heavy (non-hydrogen) atoms. The van der Waals surface area contributed by atoms with Gasteiger partial charge in [-0.1, -0.05) is 0 Å². The third-order valence-corrected chi connectivity index (χ3v) is 3.42. The van der Waals surface area contributed by atoms with E-state index in [2.05, 4.69) is 36.5 Å². The van der Waals surface area contributed by atoms with Crippen LogP contribution in [0.3, 0.4) is 0 Å². The first-order chi connectivity index (χ1) is 9.63. The zero-order chi connectivity index (χ0) is 14.1. The minimum Gasteiger partial charge on any atom is -0.479 e. The number of aromatic nitrogens is 2. The molecule has 1 aromatic carbocycles. The second-order valence-electron chi connectivity index (χ2n) is 4.30. The van der Waals surface area contributed by atoms with Crippen LogP contribution in [0.4, 0.5) is 17.2 Å². The molecule has 0 radical (unpaired) electrons. The Bertz CT molecular complexity index is 677. The molecule has 7 heteroatoms. The van der Waals surface area contributed by atoms with Gasteiger partial charge in [0.15, 0.2) is 6.10 Å². The van der Waals surface area contributed by atoms with Gasteiger partial charge in [-0.2, -0.15) is 0 Å². The molecule has 1 aliphatic heterocycles. The second-order valence-corrected chi connectivity index (χ2v) is 5.16. The highest BCUT2D eigenvalue weighted by Crippen LogP contribution is 2.33. The molecule has 0 aliphatic carbocycles. The van der Waals surface area contributed by atoms with E-state index in [0.717, 1.165) is 10.2 Å². The minimum absolute atomic E-state index is 0.155. The summed E-state index contributed by atoms with van der Waals surface area (Å²) >= 11 is 3.36. The van der Waals surface area contributed by atoms with Gasteiger partial charge in [-0.25, -0.2) is 9.97 Å². The normalized spacial score (nSPS) is 16.9. The highest BCUT2D eigenvalue weighted by molar-refractivity contribution is 9.10. The molecule has 6 nitrogen and oxygen atoms in total. The first-order valence-electron chi connectivity index (χ1n) is 5.97. The van der Waals surface area contributed by atoms with Crippen molar-refractivity contribution in [3.05, 3.63) is 35.2 Å². The first-order valence-corrected chi connectivity index (χ1v) is 6.77. The summed E-state index contributed by atoms with van der Waals surface area (Å²) in [7, 11) is 0. The third kappa shape index (κ3) is 2.44. The number of ether oxygens (including phenoxy) is 1. The van der Waals surface area contributed by atoms with Crippen LogP contribution in [0.1, 0.15) is 6.92 Å². The Hall–Kier alpha value is -2.15. The zero-order valence-corrected chi connectivity index (χ0v) is 12.1. The largest absolute Gasteiger partial charge is 0.479 e. The van der Waals surface area contributed by atoms with Crippen molar-refractivity contribution in [2.75, 3.05) is 10.6 Å². The Balaban J connectivity index is 1.88. The fraction of sp³-hybridized carbons (Fsp3) is 0.154. The molecule has 3 rings (SSSR count). The summed E-state index contributed by atoms with van der Waals surface area (Å²) in [6, 6.07) is 5.47. The van der Waals surface area contributed by atoms with Crippen molar-refractivity contribution in [1.82, 2.24) is 9.97 Å². The van der Waals surface area contributed by atoms with Crippen LogP contribution in [0.25, 0.3) is 0 Å². The summed E-state index contributed by atoms with van der Waals surface area (Å²) in [5, 5.41) is 5.95. The number of carbonyl (C=O) groups excluding carboxylic acids is 1. The molecule has 0 fully saturated rings. The van der Waals surface area contributed by atoms with Crippen LogP contribution in [-0.4, -0.2) is 22.0 Å². The second kappa shape index (κ2) is 5.09. The fourth-order valence-corrected chi connectivity index (χ4v) is 2.15. The van der Waals surface area contributed by atoms with E-state index in [4.69, 9.17) is 4.74 Å². The van der Waals surface area contributed by atoms with Crippen LogP contribution in [0.2, 0.25) is 0 Å². The van der Waals surface area contributed by atoms with E-state index >= 15 is 0 Å². The molecule has 102 valence electrons. The van der Waals surface area contributed by atoms with Gasteiger partial charge in [-0.15, -0.1) is 0 Å². The minimum atomic E-state index is -0.475. The van der Waals surface area contributed by atoms with Crippen LogP contribution in [0, 0.1) is 0 Å². The average molecular weight is 335 g/mol. The number of hydrogen-bond acceptors (Lipinski definition) is 5. The summed E-state index contributed by atoms with van der Waals surface area (Å²) < 4.78 is 6.25. The van der Waals surface area contributed by atoms with E-state index in [9.17, 15) is 4.79 Å². The van der Waals surface area contributed by atoms with Gasteiger partial charge in [0.1, 0.15) is 17.9 Å². The van der Waals surface area contributed by atoms with Gasteiger partial charge in [0.25, 0.3) is 5.91 Å². The number of halogens is 1. The lowest BCUT2D eigenvalue weighted by Gasteiger charge is -2.23. The molecule has 0 spiro atoms. The van der Waals surface area contributed by atoms with Crippen LogP contribution < -0.4 is 15.4 Å². The van der Waals surface area contributed by atoms with Crippen molar-refractivity contribution in [2.45, 2.75) is 13.0 Å². The van der Waals surface area contributed by atoms with Crippen LogP contribution in [-0.2, 0) is 4.79 Å². The number of nitrogens with one attached hydrogen (secondary N) is 2. The molecular formula is C13H11BrN4O2. The number of benzene rings is 1. The molecule has 1 unspecified atom stereocenters. The number of hydrogen-bond donors (Lipinski definition) is 2. The number of anilines is 3. The predicted octanol–water partition coefficient (Wildman–Crippen LogP) is 2.70. The molecular weight excluding hydrogens is 324 g/mol. The molecule has 1 atom stereocenters. The van der Waals surface area contributed by atoms with Gasteiger partial charge < -0.3 is 15.4 Å². The molecule has 0 saturated carbocycles.